The second-order valence-electron chi connectivity index (χ2n) is 5.86. The molecule has 0 saturated heterocycles. The van der Waals surface area contributed by atoms with E-state index in [2.05, 4.69) is 0 Å². The van der Waals surface area contributed by atoms with Crippen LogP contribution >= 0.6 is 0 Å². The number of halogens is 3. The number of rotatable bonds is 5. The lowest BCUT2D eigenvalue weighted by Gasteiger charge is -2.42. The molecule has 0 aliphatic carbocycles. The van der Waals surface area contributed by atoms with Crippen molar-refractivity contribution in [3.8, 4) is 0 Å². The molecular formula is C10H22F3O2Si2. The van der Waals surface area contributed by atoms with Crippen LogP contribution in [0.25, 0.3) is 0 Å². The Hall–Kier alpha value is 0.144. The Morgan fingerprint density at radius 3 is 1.71 bits per heavy atom. The van der Waals surface area contributed by atoms with Crippen LogP contribution < -0.4 is 0 Å². The van der Waals surface area contributed by atoms with Crippen molar-refractivity contribution in [2.24, 2.45) is 0 Å². The molecule has 1 unspecified atom stereocenters. The minimum Gasteiger partial charge on any atom is -0.454 e. The molecule has 0 heterocycles. The molecule has 103 valence electrons. The van der Waals surface area contributed by atoms with E-state index in [9.17, 15) is 18.3 Å². The molecule has 17 heavy (non-hydrogen) atoms. The van der Waals surface area contributed by atoms with Crippen molar-refractivity contribution in [3.63, 3.8) is 0 Å². The lowest BCUT2D eigenvalue weighted by molar-refractivity contribution is -0.174. The molecule has 0 bridgehead atoms. The van der Waals surface area contributed by atoms with E-state index in [-0.39, 0.29) is 6.42 Å². The zero-order valence-electron chi connectivity index (χ0n) is 11.4. The van der Waals surface area contributed by atoms with Crippen molar-refractivity contribution >= 4 is 16.6 Å². The monoisotopic (exact) mass is 287 g/mol. The minimum absolute atomic E-state index is 0.0454. The summed E-state index contributed by atoms with van der Waals surface area (Å²) in [5, 5.41) is 10.4. The topological polar surface area (TPSA) is 29.1 Å². The van der Waals surface area contributed by atoms with E-state index < -0.39 is 34.5 Å². The van der Waals surface area contributed by atoms with Gasteiger partial charge in [0.05, 0.1) is 6.42 Å². The molecule has 0 rings (SSSR count). The molecule has 1 radical (unpaired) electrons. The standard InChI is InChI=1S/C10H22F3O2Si2/c1-7-9(14,8-10(11,12)13)17(5,6)15-16(2,3)4/h7-8H2,1-6H3. The molecule has 0 N–H and O–H groups in total. The van der Waals surface area contributed by atoms with Gasteiger partial charge in [0.15, 0.2) is 8.32 Å². The molecule has 0 aromatic carbocycles. The second kappa shape index (κ2) is 5.02. The van der Waals surface area contributed by atoms with Gasteiger partial charge in [0.25, 0.3) is 0 Å². The average Bonchev–Trinajstić information content (AvgIpc) is 1.95. The lowest BCUT2D eigenvalue weighted by Crippen LogP contribution is -2.60. The molecule has 0 aromatic heterocycles. The Balaban J connectivity index is 5.08. The van der Waals surface area contributed by atoms with Crippen molar-refractivity contribution in [3.05, 3.63) is 0 Å². The molecule has 0 aromatic rings. The van der Waals surface area contributed by atoms with Crippen LogP contribution in [-0.2, 0) is 9.22 Å². The molecule has 7 heteroatoms. The highest BCUT2D eigenvalue weighted by Gasteiger charge is 2.55. The Morgan fingerprint density at radius 1 is 1.06 bits per heavy atom. The SMILES string of the molecule is CCC([O])(CC(F)(F)F)[Si](C)(C)O[Si](C)(C)C. The molecule has 0 fully saturated rings. The van der Waals surface area contributed by atoms with Crippen LogP contribution in [0.3, 0.4) is 0 Å². The molecule has 0 aliphatic rings. The van der Waals surface area contributed by atoms with Crippen molar-refractivity contribution in [1.82, 2.24) is 0 Å². The summed E-state index contributed by atoms with van der Waals surface area (Å²) in [7, 11) is -4.92. The summed E-state index contributed by atoms with van der Waals surface area (Å²) in [6.07, 6.45) is -5.76. The second-order valence-corrected chi connectivity index (χ2v) is 14.8. The van der Waals surface area contributed by atoms with Gasteiger partial charge in [0.2, 0.25) is 8.32 Å². The molecule has 2 nitrogen and oxygen atoms in total. The first-order valence-corrected chi connectivity index (χ1v) is 12.0. The van der Waals surface area contributed by atoms with Crippen LogP contribution in [0.2, 0.25) is 32.7 Å². The normalized spacial score (nSPS) is 18.0. The Morgan fingerprint density at radius 2 is 1.47 bits per heavy atom. The van der Waals surface area contributed by atoms with Crippen molar-refractivity contribution < 1.29 is 22.4 Å². The zero-order chi connectivity index (χ0) is 14.1. The maximum absolute atomic E-state index is 12.5. The lowest BCUT2D eigenvalue weighted by atomic mass is 10.2. The Bertz CT molecular complexity index is 261. The van der Waals surface area contributed by atoms with Crippen LogP contribution in [0.15, 0.2) is 0 Å². The molecular weight excluding hydrogens is 265 g/mol. The summed E-state index contributed by atoms with van der Waals surface area (Å²) < 4.78 is 43.2. The smallest absolute Gasteiger partial charge is 0.391 e. The van der Waals surface area contributed by atoms with Gasteiger partial charge in [-0.15, -0.1) is 0 Å². The Labute approximate surface area is 103 Å². The predicted molar refractivity (Wildman–Crippen MR) is 66.3 cm³/mol. The quantitative estimate of drug-likeness (QED) is 0.699. The van der Waals surface area contributed by atoms with E-state index in [0.29, 0.717) is 0 Å². The minimum atomic E-state index is -4.43. The van der Waals surface area contributed by atoms with Crippen molar-refractivity contribution in [2.75, 3.05) is 0 Å². The highest BCUT2D eigenvalue weighted by molar-refractivity contribution is 6.85. The molecule has 0 amide bonds. The number of hydrogen-bond donors (Lipinski definition) is 0. The maximum Gasteiger partial charge on any atom is 0.391 e. The van der Waals surface area contributed by atoms with E-state index in [1.165, 1.54) is 6.92 Å². The summed E-state index contributed by atoms with van der Waals surface area (Å²) in [5.74, 6) is 0. The van der Waals surface area contributed by atoms with Crippen LogP contribution in [0.4, 0.5) is 13.2 Å². The molecule has 0 saturated carbocycles. The third-order valence-electron chi connectivity index (χ3n) is 2.72. The fourth-order valence-corrected chi connectivity index (χ4v) is 10.3. The van der Waals surface area contributed by atoms with E-state index in [0.717, 1.165) is 0 Å². The highest BCUT2D eigenvalue weighted by atomic mass is 28.4. The first kappa shape index (κ1) is 17.1. The summed E-state index contributed by atoms with van der Waals surface area (Å²) in [5.41, 5.74) is 0. The van der Waals surface area contributed by atoms with Crippen molar-refractivity contribution in [1.29, 1.82) is 0 Å². The van der Waals surface area contributed by atoms with Gasteiger partial charge in [-0.25, -0.2) is 5.11 Å². The van der Waals surface area contributed by atoms with Gasteiger partial charge < -0.3 is 4.12 Å². The van der Waals surface area contributed by atoms with Gasteiger partial charge in [0.1, 0.15) is 5.22 Å². The van der Waals surface area contributed by atoms with E-state index in [1.807, 2.05) is 19.6 Å². The summed E-state index contributed by atoms with van der Waals surface area (Å²) >= 11 is 0. The van der Waals surface area contributed by atoms with Gasteiger partial charge in [-0.2, -0.15) is 13.2 Å². The summed E-state index contributed by atoms with van der Waals surface area (Å²) in [4.78, 5) is 0. The van der Waals surface area contributed by atoms with Crippen LogP contribution in [0, 0.1) is 0 Å². The van der Waals surface area contributed by atoms with Gasteiger partial charge in [0, 0.05) is 0 Å². The van der Waals surface area contributed by atoms with Gasteiger partial charge in [-0.1, -0.05) is 6.92 Å². The third-order valence-corrected chi connectivity index (χ3v) is 9.93. The number of alkyl halides is 3. The van der Waals surface area contributed by atoms with E-state index in [1.54, 1.807) is 13.1 Å². The molecule has 0 spiro atoms. The van der Waals surface area contributed by atoms with Crippen LogP contribution in [0.1, 0.15) is 19.8 Å². The largest absolute Gasteiger partial charge is 0.454 e. The molecule has 1 atom stereocenters. The average molecular weight is 287 g/mol. The fraction of sp³-hybridized carbons (Fsp3) is 1.00. The Kier molecular flexibility index (Phi) is 5.07. The van der Waals surface area contributed by atoms with Gasteiger partial charge >= 0.3 is 6.18 Å². The summed E-state index contributed by atoms with van der Waals surface area (Å²) in [6, 6.07) is 0. The first-order valence-electron chi connectivity index (χ1n) is 5.70. The van der Waals surface area contributed by atoms with Gasteiger partial charge in [-0.3, -0.25) is 0 Å². The number of hydrogen-bond acceptors (Lipinski definition) is 1. The van der Waals surface area contributed by atoms with Crippen LogP contribution in [0.5, 0.6) is 0 Å². The van der Waals surface area contributed by atoms with Crippen molar-refractivity contribution in [2.45, 2.75) is 63.9 Å². The zero-order valence-corrected chi connectivity index (χ0v) is 13.4. The first-order chi connectivity index (χ1) is 7.22. The fourth-order valence-electron chi connectivity index (χ4n) is 1.95. The third kappa shape index (κ3) is 5.54. The van der Waals surface area contributed by atoms with Gasteiger partial charge in [-0.05, 0) is 39.2 Å². The predicted octanol–water partition coefficient (Wildman–Crippen LogP) is 4.11. The van der Waals surface area contributed by atoms with E-state index in [4.69, 9.17) is 4.12 Å². The van der Waals surface area contributed by atoms with E-state index >= 15 is 0 Å². The highest BCUT2D eigenvalue weighted by Crippen LogP contribution is 2.38. The maximum atomic E-state index is 12.5. The summed E-state index contributed by atoms with van der Waals surface area (Å²) in [6.45, 7) is 10.4. The molecule has 0 aliphatic heterocycles. The van der Waals surface area contributed by atoms with Crippen LogP contribution in [-0.4, -0.2) is 28.0 Å².